The average molecular weight is 393 g/mol. The Balaban J connectivity index is 1.79. The second kappa shape index (κ2) is 7.59. The first kappa shape index (κ1) is 20.1. The zero-order valence-corrected chi connectivity index (χ0v) is 18.4. The minimum absolute atomic E-state index is 0.0964. The van der Waals surface area contributed by atoms with Gasteiger partial charge in [-0.3, -0.25) is 9.59 Å². The smallest absolute Gasteiger partial charge is 0.193 e. The molecule has 0 aliphatic heterocycles. The van der Waals surface area contributed by atoms with Gasteiger partial charge in [0.15, 0.2) is 11.6 Å². The SMILES string of the molecule is CCCCOc1ccc(C)c2c1C(=O)C1=C(C)C3C(=O)C(C)=C(C)CC3CC1C2. The molecule has 0 saturated heterocycles. The fraction of sp³-hybridized carbons (Fsp3) is 0.538. The van der Waals surface area contributed by atoms with Crippen molar-refractivity contribution in [2.45, 2.75) is 66.7 Å². The molecule has 3 unspecified atom stereocenters. The quantitative estimate of drug-likeness (QED) is 0.609. The Bertz CT molecular complexity index is 947. The van der Waals surface area contributed by atoms with Crippen LogP contribution < -0.4 is 4.74 Å². The molecule has 0 amide bonds. The molecule has 0 aromatic heterocycles. The van der Waals surface area contributed by atoms with Crippen LogP contribution >= 0.6 is 0 Å². The van der Waals surface area contributed by atoms with Crippen molar-refractivity contribution in [3.8, 4) is 5.75 Å². The number of unbranched alkanes of at least 4 members (excludes halogenated alkanes) is 1. The van der Waals surface area contributed by atoms with E-state index in [9.17, 15) is 9.59 Å². The monoisotopic (exact) mass is 392 g/mol. The van der Waals surface area contributed by atoms with E-state index < -0.39 is 0 Å². The van der Waals surface area contributed by atoms with Gasteiger partial charge in [-0.15, -0.1) is 0 Å². The number of rotatable bonds is 4. The lowest BCUT2D eigenvalue weighted by molar-refractivity contribution is -0.120. The summed E-state index contributed by atoms with van der Waals surface area (Å²) >= 11 is 0. The number of hydrogen-bond donors (Lipinski definition) is 0. The largest absolute Gasteiger partial charge is 0.493 e. The maximum absolute atomic E-state index is 13.7. The Morgan fingerprint density at radius 3 is 2.55 bits per heavy atom. The van der Waals surface area contributed by atoms with Crippen molar-refractivity contribution < 1.29 is 14.3 Å². The van der Waals surface area contributed by atoms with E-state index in [4.69, 9.17) is 4.74 Å². The van der Waals surface area contributed by atoms with Gasteiger partial charge in [0.05, 0.1) is 12.2 Å². The summed E-state index contributed by atoms with van der Waals surface area (Å²) < 4.78 is 6.03. The van der Waals surface area contributed by atoms with Crippen molar-refractivity contribution in [1.82, 2.24) is 0 Å². The molecule has 0 radical (unpaired) electrons. The third kappa shape index (κ3) is 3.19. The summed E-state index contributed by atoms with van der Waals surface area (Å²) in [7, 11) is 0. The van der Waals surface area contributed by atoms with Crippen molar-refractivity contribution in [3.63, 3.8) is 0 Å². The molecule has 1 aromatic carbocycles. The van der Waals surface area contributed by atoms with Crippen LogP contribution in [0.25, 0.3) is 0 Å². The third-order valence-electron chi connectivity index (χ3n) is 7.41. The number of fused-ring (bicyclic) bond motifs is 3. The molecule has 0 fully saturated rings. The van der Waals surface area contributed by atoms with Crippen LogP contribution in [0.2, 0.25) is 0 Å². The Hall–Kier alpha value is -2.16. The molecule has 3 aliphatic rings. The van der Waals surface area contributed by atoms with Gasteiger partial charge in [0.1, 0.15) is 5.75 Å². The minimum Gasteiger partial charge on any atom is -0.493 e. The highest BCUT2D eigenvalue weighted by molar-refractivity contribution is 6.14. The lowest BCUT2D eigenvalue weighted by Crippen LogP contribution is -2.40. The van der Waals surface area contributed by atoms with Gasteiger partial charge in [0.2, 0.25) is 0 Å². The number of hydrogen-bond acceptors (Lipinski definition) is 3. The van der Waals surface area contributed by atoms with Crippen LogP contribution in [0, 0.1) is 24.7 Å². The van der Waals surface area contributed by atoms with E-state index in [-0.39, 0.29) is 23.4 Å². The summed E-state index contributed by atoms with van der Waals surface area (Å²) in [4.78, 5) is 26.8. The summed E-state index contributed by atoms with van der Waals surface area (Å²) in [5.41, 5.74) is 7.09. The maximum atomic E-state index is 13.7. The number of carbonyl (C=O) groups is 2. The normalized spacial score (nSPS) is 26.3. The maximum Gasteiger partial charge on any atom is 0.193 e. The lowest BCUT2D eigenvalue weighted by atomic mass is 9.60. The number of ether oxygens (including phenoxy) is 1. The van der Waals surface area contributed by atoms with E-state index in [1.165, 1.54) is 11.1 Å². The van der Waals surface area contributed by atoms with E-state index in [0.717, 1.165) is 60.0 Å². The standard InChI is InChI=1S/C26H32O3/c1-6-7-10-29-21-9-8-14(2)20-13-19-12-18-11-15(3)16(4)25(27)22(18)17(5)23(19)26(28)24(20)21/h8-9,18-19,22H,6-7,10-13H2,1-5H3. The van der Waals surface area contributed by atoms with E-state index in [2.05, 4.69) is 26.8 Å². The summed E-state index contributed by atoms with van der Waals surface area (Å²) in [6, 6.07) is 4.03. The molecule has 3 atom stereocenters. The summed E-state index contributed by atoms with van der Waals surface area (Å²) in [6.07, 6.45) is 4.82. The topological polar surface area (TPSA) is 43.4 Å². The van der Waals surface area contributed by atoms with Crippen LogP contribution in [0.15, 0.2) is 34.4 Å². The molecule has 154 valence electrons. The molecular formula is C26H32O3. The van der Waals surface area contributed by atoms with E-state index in [1.807, 2.05) is 19.9 Å². The first-order valence-corrected chi connectivity index (χ1v) is 11.1. The van der Waals surface area contributed by atoms with Crippen LogP contribution in [-0.2, 0) is 11.2 Å². The minimum atomic E-state index is -0.121. The van der Waals surface area contributed by atoms with Crippen LogP contribution in [0.3, 0.4) is 0 Å². The highest BCUT2D eigenvalue weighted by Gasteiger charge is 2.46. The Kier molecular flexibility index (Phi) is 5.27. The number of allylic oxidation sites excluding steroid dienone is 4. The average Bonchev–Trinajstić information content (AvgIpc) is 2.68. The van der Waals surface area contributed by atoms with Gasteiger partial charge in [-0.05, 0) is 88.0 Å². The second-order valence-corrected chi connectivity index (χ2v) is 9.21. The third-order valence-corrected chi connectivity index (χ3v) is 7.41. The summed E-state index contributed by atoms with van der Waals surface area (Å²) in [5, 5.41) is 0. The number of benzene rings is 1. The molecule has 3 heteroatoms. The van der Waals surface area contributed by atoms with Gasteiger partial charge in [-0.1, -0.05) is 30.6 Å². The Morgan fingerprint density at radius 1 is 1.07 bits per heavy atom. The van der Waals surface area contributed by atoms with Gasteiger partial charge in [0, 0.05) is 11.5 Å². The predicted octanol–water partition coefficient (Wildman–Crippen LogP) is 5.79. The van der Waals surface area contributed by atoms with Crippen molar-refractivity contribution in [2.24, 2.45) is 17.8 Å². The molecule has 29 heavy (non-hydrogen) atoms. The molecule has 3 aliphatic carbocycles. The molecule has 4 rings (SSSR count). The van der Waals surface area contributed by atoms with Crippen LogP contribution in [0.4, 0.5) is 0 Å². The van der Waals surface area contributed by atoms with Gasteiger partial charge >= 0.3 is 0 Å². The molecule has 0 N–H and O–H groups in total. The molecule has 0 heterocycles. The molecule has 0 spiro atoms. The van der Waals surface area contributed by atoms with Gasteiger partial charge in [-0.25, -0.2) is 0 Å². The fourth-order valence-electron chi connectivity index (χ4n) is 5.68. The van der Waals surface area contributed by atoms with Gasteiger partial charge < -0.3 is 4.74 Å². The zero-order valence-electron chi connectivity index (χ0n) is 18.4. The van der Waals surface area contributed by atoms with Gasteiger partial charge in [0.25, 0.3) is 0 Å². The molecule has 0 saturated carbocycles. The molecular weight excluding hydrogens is 360 g/mol. The van der Waals surface area contributed by atoms with Crippen molar-refractivity contribution in [2.75, 3.05) is 6.61 Å². The van der Waals surface area contributed by atoms with E-state index in [1.54, 1.807) is 0 Å². The van der Waals surface area contributed by atoms with Crippen molar-refractivity contribution in [1.29, 1.82) is 0 Å². The Labute approximate surface area is 174 Å². The predicted molar refractivity (Wildman–Crippen MR) is 115 cm³/mol. The second-order valence-electron chi connectivity index (χ2n) is 9.21. The highest BCUT2D eigenvalue weighted by atomic mass is 16.5. The number of Topliss-reactive ketones (excluding diaryl/α,β-unsaturated/α-hetero) is 2. The number of aryl methyl sites for hydroxylation is 1. The van der Waals surface area contributed by atoms with E-state index in [0.29, 0.717) is 18.3 Å². The Morgan fingerprint density at radius 2 is 1.83 bits per heavy atom. The van der Waals surface area contributed by atoms with Crippen LogP contribution in [-0.4, -0.2) is 18.2 Å². The number of carbonyl (C=O) groups excluding carboxylic acids is 2. The summed E-state index contributed by atoms with van der Waals surface area (Å²) in [5.74, 6) is 1.47. The van der Waals surface area contributed by atoms with E-state index >= 15 is 0 Å². The van der Waals surface area contributed by atoms with Crippen molar-refractivity contribution >= 4 is 11.6 Å². The lowest BCUT2D eigenvalue weighted by Gasteiger charge is -2.43. The molecule has 0 bridgehead atoms. The first-order valence-electron chi connectivity index (χ1n) is 11.1. The first-order chi connectivity index (χ1) is 13.8. The molecule has 3 nitrogen and oxygen atoms in total. The zero-order chi connectivity index (χ0) is 20.9. The van der Waals surface area contributed by atoms with Crippen LogP contribution in [0.1, 0.15) is 74.9 Å². The summed E-state index contributed by atoms with van der Waals surface area (Å²) in [6.45, 7) is 10.9. The molecule has 1 aromatic rings. The van der Waals surface area contributed by atoms with Crippen LogP contribution in [0.5, 0.6) is 5.75 Å². The fourth-order valence-corrected chi connectivity index (χ4v) is 5.68. The highest BCUT2D eigenvalue weighted by Crippen LogP contribution is 2.50. The van der Waals surface area contributed by atoms with Gasteiger partial charge in [-0.2, -0.15) is 0 Å². The number of ketones is 2. The van der Waals surface area contributed by atoms with Crippen molar-refractivity contribution in [3.05, 3.63) is 51.1 Å².